The first kappa shape index (κ1) is 8.73. The summed E-state index contributed by atoms with van der Waals surface area (Å²) in [6.07, 6.45) is 3.14. The minimum atomic E-state index is -0.0764. The fraction of sp³-hybridized carbons (Fsp3) is 0.800. The van der Waals surface area contributed by atoms with Gasteiger partial charge in [0.15, 0.2) is 0 Å². The third-order valence-corrected chi connectivity index (χ3v) is 3.12. The number of carbonyl (C=O) groups is 2. The predicted molar refractivity (Wildman–Crippen MR) is 46.0 cm³/mol. The van der Waals surface area contributed by atoms with Gasteiger partial charge in [0.25, 0.3) is 0 Å². The Hall–Kier alpha value is -0.860. The normalized spacial score (nSPS) is 25.2. The van der Waals surface area contributed by atoms with Crippen molar-refractivity contribution in [2.75, 3.05) is 6.61 Å². The molecule has 2 aliphatic carbocycles. The largest absolute Gasteiger partial charge is 0.466 e. The maximum atomic E-state index is 11.2. The van der Waals surface area contributed by atoms with Crippen molar-refractivity contribution in [2.45, 2.75) is 32.6 Å². The minimum absolute atomic E-state index is 0.0764. The summed E-state index contributed by atoms with van der Waals surface area (Å²) in [6, 6.07) is 0. The van der Waals surface area contributed by atoms with E-state index in [1.54, 1.807) is 0 Å². The molecule has 2 fully saturated rings. The smallest absolute Gasteiger partial charge is 0.308 e. The molecule has 0 aliphatic heterocycles. The Morgan fingerprint density at radius 1 is 1.54 bits per heavy atom. The molecular weight excluding hydrogens is 168 g/mol. The van der Waals surface area contributed by atoms with E-state index in [1.165, 1.54) is 0 Å². The first-order chi connectivity index (χ1) is 6.15. The highest BCUT2D eigenvalue weighted by Gasteiger charge is 2.54. The van der Waals surface area contributed by atoms with Gasteiger partial charge in [0.1, 0.15) is 5.78 Å². The summed E-state index contributed by atoms with van der Waals surface area (Å²) in [5, 5.41) is 0. The lowest BCUT2D eigenvalue weighted by molar-refractivity contribution is -0.165. The molecule has 0 aromatic rings. The van der Waals surface area contributed by atoms with E-state index in [1.807, 2.05) is 6.92 Å². The van der Waals surface area contributed by atoms with Gasteiger partial charge >= 0.3 is 5.97 Å². The average Bonchev–Trinajstić information content (AvgIpc) is 1.94. The second kappa shape index (κ2) is 2.82. The van der Waals surface area contributed by atoms with Crippen LogP contribution in [0.4, 0.5) is 0 Å². The van der Waals surface area contributed by atoms with Crippen LogP contribution in [0, 0.1) is 11.3 Å². The highest BCUT2D eigenvalue weighted by Crippen LogP contribution is 2.57. The highest BCUT2D eigenvalue weighted by molar-refractivity contribution is 5.87. The van der Waals surface area contributed by atoms with Gasteiger partial charge in [0.05, 0.1) is 12.5 Å². The number of rotatable bonds is 2. The number of esters is 1. The number of carbonyl (C=O) groups excluding carboxylic acids is 2. The summed E-state index contributed by atoms with van der Waals surface area (Å²) >= 11 is 0. The molecular formula is C10H14O3. The molecule has 72 valence electrons. The van der Waals surface area contributed by atoms with E-state index in [0.29, 0.717) is 25.2 Å². The van der Waals surface area contributed by atoms with Crippen LogP contribution in [-0.4, -0.2) is 18.4 Å². The van der Waals surface area contributed by atoms with E-state index in [2.05, 4.69) is 0 Å². The van der Waals surface area contributed by atoms with Crippen LogP contribution in [0.15, 0.2) is 0 Å². The molecule has 0 unspecified atom stereocenters. The number of hydrogen-bond donors (Lipinski definition) is 0. The molecule has 0 saturated heterocycles. The second-order valence-corrected chi connectivity index (χ2v) is 4.25. The van der Waals surface area contributed by atoms with Crippen LogP contribution in [0.2, 0.25) is 0 Å². The summed E-state index contributed by atoms with van der Waals surface area (Å²) in [5.41, 5.74) is 0.217. The van der Waals surface area contributed by atoms with E-state index in [4.69, 9.17) is 4.74 Å². The van der Waals surface area contributed by atoms with E-state index in [-0.39, 0.29) is 17.3 Å². The van der Waals surface area contributed by atoms with Crippen molar-refractivity contribution in [3.05, 3.63) is 0 Å². The fourth-order valence-electron chi connectivity index (χ4n) is 2.49. The van der Waals surface area contributed by atoms with Gasteiger partial charge in [-0.2, -0.15) is 0 Å². The zero-order valence-corrected chi connectivity index (χ0v) is 7.84. The molecule has 0 aromatic heterocycles. The molecule has 0 aromatic carbocycles. The van der Waals surface area contributed by atoms with Crippen molar-refractivity contribution >= 4 is 11.8 Å². The molecule has 0 bridgehead atoms. The van der Waals surface area contributed by atoms with E-state index in [0.717, 1.165) is 12.8 Å². The number of ether oxygens (including phenoxy) is 1. The molecule has 2 aliphatic rings. The monoisotopic (exact) mass is 182 g/mol. The molecule has 0 amide bonds. The van der Waals surface area contributed by atoms with Crippen LogP contribution >= 0.6 is 0 Å². The first-order valence-electron chi connectivity index (χ1n) is 4.83. The molecule has 2 rings (SSSR count). The standard InChI is InChI=1S/C10H14O3/c1-2-13-9(12)7-3-10(4-7)5-8(11)6-10/h7H,2-6H2,1H3. The van der Waals surface area contributed by atoms with Gasteiger partial charge in [-0.25, -0.2) is 0 Å². The quantitative estimate of drug-likeness (QED) is 0.605. The van der Waals surface area contributed by atoms with E-state index < -0.39 is 0 Å². The van der Waals surface area contributed by atoms with E-state index >= 15 is 0 Å². The Kier molecular flexibility index (Phi) is 1.90. The van der Waals surface area contributed by atoms with Crippen LogP contribution in [0.25, 0.3) is 0 Å². The fourth-order valence-corrected chi connectivity index (χ4v) is 2.49. The van der Waals surface area contributed by atoms with Gasteiger partial charge < -0.3 is 4.74 Å². The zero-order chi connectivity index (χ0) is 9.47. The average molecular weight is 182 g/mol. The number of ketones is 1. The van der Waals surface area contributed by atoms with Gasteiger partial charge in [-0.15, -0.1) is 0 Å². The van der Waals surface area contributed by atoms with Gasteiger partial charge in [-0.3, -0.25) is 9.59 Å². The zero-order valence-electron chi connectivity index (χ0n) is 7.84. The predicted octanol–water partition coefficient (Wildman–Crippen LogP) is 1.31. The maximum absolute atomic E-state index is 11.2. The molecule has 0 heterocycles. The SMILES string of the molecule is CCOC(=O)C1CC2(CC(=O)C2)C1. The lowest BCUT2D eigenvalue weighted by atomic mass is 9.51. The van der Waals surface area contributed by atoms with E-state index in [9.17, 15) is 9.59 Å². The third kappa shape index (κ3) is 1.36. The van der Waals surface area contributed by atoms with Crippen LogP contribution in [0.5, 0.6) is 0 Å². The maximum Gasteiger partial charge on any atom is 0.308 e. The summed E-state index contributed by atoms with van der Waals surface area (Å²) in [7, 11) is 0. The molecule has 3 heteroatoms. The summed E-state index contributed by atoms with van der Waals surface area (Å²) in [5.74, 6) is 0.350. The van der Waals surface area contributed by atoms with Crippen LogP contribution in [0.3, 0.4) is 0 Å². The molecule has 3 nitrogen and oxygen atoms in total. The Morgan fingerprint density at radius 2 is 2.15 bits per heavy atom. The van der Waals surface area contributed by atoms with Crippen molar-refractivity contribution in [1.82, 2.24) is 0 Å². The summed E-state index contributed by atoms with van der Waals surface area (Å²) in [6.45, 7) is 2.28. The molecule has 1 spiro atoms. The third-order valence-electron chi connectivity index (χ3n) is 3.12. The van der Waals surface area contributed by atoms with Gasteiger partial charge in [-0.1, -0.05) is 0 Å². The summed E-state index contributed by atoms with van der Waals surface area (Å²) < 4.78 is 4.91. The second-order valence-electron chi connectivity index (χ2n) is 4.25. The van der Waals surface area contributed by atoms with Gasteiger partial charge in [0, 0.05) is 12.8 Å². The molecule has 2 saturated carbocycles. The Balaban J connectivity index is 1.78. The van der Waals surface area contributed by atoms with Crippen molar-refractivity contribution in [2.24, 2.45) is 11.3 Å². The van der Waals surface area contributed by atoms with Crippen molar-refractivity contribution in [3.8, 4) is 0 Å². The lowest BCUT2D eigenvalue weighted by Crippen LogP contribution is -2.50. The van der Waals surface area contributed by atoms with Crippen LogP contribution < -0.4 is 0 Å². The van der Waals surface area contributed by atoms with Crippen molar-refractivity contribution in [1.29, 1.82) is 0 Å². The Labute approximate surface area is 77.4 Å². The topological polar surface area (TPSA) is 43.4 Å². The minimum Gasteiger partial charge on any atom is -0.466 e. The molecule has 13 heavy (non-hydrogen) atoms. The Morgan fingerprint density at radius 3 is 2.62 bits per heavy atom. The molecule has 0 atom stereocenters. The highest BCUT2D eigenvalue weighted by atomic mass is 16.5. The number of hydrogen-bond acceptors (Lipinski definition) is 3. The number of Topliss-reactive ketones (excluding diaryl/α,β-unsaturated/α-hetero) is 1. The van der Waals surface area contributed by atoms with Gasteiger partial charge in [-0.05, 0) is 25.2 Å². The molecule has 0 N–H and O–H groups in total. The van der Waals surface area contributed by atoms with Gasteiger partial charge in [0.2, 0.25) is 0 Å². The first-order valence-corrected chi connectivity index (χ1v) is 4.83. The van der Waals surface area contributed by atoms with Crippen molar-refractivity contribution < 1.29 is 14.3 Å². The van der Waals surface area contributed by atoms with Crippen LogP contribution in [0.1, 0.15) is 32.6 Å². The Bertz CT molecular complexity index is 241. The van der Waals surface area contributed by atoms with Crippen molar-refractivity contribution in [3.63, 3.8) is 0 Å². The van der Waals surface area contributed by atoms with Crippen LogP contribution in [-0.2, 0) is 14.3 Å². The lowest BCUT2D eigenvalue weighted by Gasteiger charge is -2.51. The summed E-state index contributed by atoms with van der Waals surface area (Å²) in [4.78, 5) is 22.0. The molecule has 0 radical (unpaired) electrons.